The number of carbonyl (C=O) groups excluding carboxylic acids is 2. The van der Waals surface area contributed by atoms with E-state index in [4.69, 9.17) is 4.74 Å². The van der Waals surface area contributed by atoms with E-state index < -0.39 is 0 Å². The molecule has 0 aromatic heterocycles. The zero-order chi connectivity index (χ0) is 15.6. The highest BCUT2D eigenvalue weighted by Crippen LogP contribution is 2.26. The van der Waals surface area contributed by atoms with E-state index in [2.05, 4.69) is 13.8 Å². The number of likely N-dealkylation sites (tertiary alicyclic amines) is 1. The van der Waals surface area contributed by atoms with E-state index in [1.165, 1.54) is 12.7 Å². The highest BCUT2D eigenvalue weighted by atomic mass is 16.5. The molecule has 0 bridgehead atoms. The van der Waals surface area contributed by atoms with E-state index in [1.807, 2.05) is 31.2 Å². The zero-order valence-electron chi connectivity index (χ0n) is 13.1. The van der Waals surface area contributed by atoms with Crippen LogP contribution < -0.4 is 0 Å². The summed E-state index contributed by atoms with van der Waals surface area (Å²) in [6.07, 6.45) is 0. The Labute approximate surface area is 126 Å². The molecule has 1 saturated heterocycles. The molecule has 2 rings (SSSR count). The van der Waals surface area contributed by atoms with E-state index in [-0.39, 0.29) is 23.7 Å². The first-order valence-corrected chi connectivity index (χ1v) is 7.41. The Kier molecular flexibility index (Phi) is 4.66. The van der Waals surface area contributed by atoms with Gasteiger partial charge in [-0.25, -0.2) is 0 Å². The molecule has 114 valence electrons. The lowest BCUT2D eigenvalue weighted by molar-refractivity contribution is -0.146. The SMILES string of the molecule is COC(=O)C1CN(C(=O)c2ccc(C(C)C)cc2)CC1C. The van der Waals surface area contributed by atoms with Gasteiger partial charge in [-0.15, -0.1) is 0 Å². The Morgan fingerprint density at radius 2 is 1.81 bits per heavy atom. The summed E-state index contributed by atoms with van der Waals surface area (Å²) in [6.45, 7) is 7.28. The van der Waals surface area contributed by atoms with Gasteiger partial charge in [0.2, 0.25) is 0 Å². The van der Waals surface area contributed by atoms with Gasteiger partial charge in [0, 0.05) is 18.7 Å². The van der Waals surface area contributed by atoms with Crippen LogP contribution >= 0.6 is 0 Å². The molecule has 2 atom stereocenters. The molecule has 0 saturated carbocycles. The monoisotopic (exact) mass is 289 g/mol. The van der Waals surface area contributed by atoms with Crippen molar-refractivity contribution in [2.45, 2.75) is 26.7 Å². The van der Waals surface area contributed by atoms with Crippen LogP contribution in [0.4, 0.5) is 0 Å². The average molecular weight is 289 g/mol. The number of esters is 1. The number of rotatable bonds is 3. The summed E-state index contributed by atoms with van der Waals surface area (Å²) in [7, 11) is 1.39. The molecule has 0 N–H and O–H groups in total. The van der Waals surface area contributed by atoms with E-state index in [1.54, 1.807) is 4.90 Å². The fourth-order valence-corrected chi connectivity index (χ4v) is 2.78. The molecule has 1 fully saturated rings. The second-order valence-electron chi connectivity index (χ2n) is 6.09. The van der Waals surface area contributed by atoms with E-state index in [0.717, 1.165) is 0 Å². The third-order valence-corrected chi connectivity index (χ3v) is 4.23. The van der Waals surface area contributed by atoms with Crippen LogP contribution in [-0.2, 0) is 9.53 Å². The van der Waals surface area contributed by atoms with Crippen molar-refractivity contribution < 1.29 is 14.3 Å². The van der Waals surface area contributed by atoms with E-state index in [0.29, 0.717) is 24.6 Å². The predicted molar refractivity (Wildman–Crippen MR) is 81.1 cm³/mol. The molecule has 0 spiro atoms. The topological polar surface area (TPSA) is 46.6 Å². The minimum atomic E-state index is -0.229. The molecule has 1 aliphatic heterocycles. The first-order valence-electron chi connectivity index (χ1n) is 7.41. The predicted octanol–water partition coefficient (Wildman–Crippen LogP) is 2.69. The summed E-state index contributed by atoms with van der Waals surface area (Å²) in [6, 6.07) is 7.73. The van der Waals surface area contributed by atoms with Crippen molar-refractivity contribution in [3.05, 3.63) is 35.4 Å². The lowest BCUT2D eigenvalue weighted by Gasteiger charge is -2.16. The number of methoxy groups -OCH3 is 1. The summed E-state index contributed by atoms with van der Waals surface area (Å²) in [5, 5.41) is 0. The largest absolute Gasteiger partial charge is 0.469 e. The van der Waals surface area contributed by atoms with E-state index in [9.17, 15) is 9.59 Å². The summed E-state index contributed by atoms with van der Waals surface area (Å²) in [4.78, 5) is 25.9. The van der Waals surface area contributed by atoms with Gasteiger partial charge < -0.3 is 9.64 Å². The van der Waals surface area contributed by atoms with Crippen LogP contribution in [0.3, 0.4) is 0 Å². The highest BCUT2D eigenvalue weighted by molar-refractivity contribution is 5.95. The Balaban J connectivity index is 2.09. The van der Waals surface area contributed by atoms with Crippen molar-refractivity contribution in [1.82, 2.24) is 4.90 Å². The third-order valence-electron chi connectivity index (χ3n) is 4.23. The van der Waals surface area contributed by atoms with Crippen molar-refractivity contribution in [2.75, 3.05) is 20.2 Å². The van der Waals surface area contributed by atoms with Crippen LogP contribution in [-0.4, -0.2) is 37.0 Å². The number of hydrogen-bond acceptors (Lipinski definition) is 3. The van der Waals surface area contributed by atoms with Gasteiger partial charge in [0.15, 0.2) is 0 Å². The van der Waals surface area contributed by atoms with Crippen LogP contribution in [0.5, 0.6) is 0 Å². The minimum Gasteiger partial charge on any atom is -0.469 e. The van der Waals surface area contributed by atoms with Crippen molar-refractivity contribution in [3.8, 4) is 0 Å². The van der Waals surface area contributed by atoms with Crippen molar-refractivity contribution in [1.29, 1.82) is 0 Å². The van der Waals surface area contributed by atoms with Gasteiger partial charge in [-0.05, 0) is 29.5 Å². The summed E-state index contributed by atoms with van der Waals surface area (Å²) < 4.78 is 4.80. The summed E-state index contributed by atoms with van der Waals surface area (Å²) in [5.41, 5.74) is 1.89. The van der Waals surface area contributed by atoms with Gasteiger partial charge in [-0.3, -0.25) is 9.59 Å². The fourth-order valence-electron chi connectivity index (χ4n) is 2.78. The molecule has 1 aliphatic rings. The molecular weight excluding hydrogens is 266 g/mol. The molecule has 4 nitrogen and oxygen atoms in total. The Morgan fingerprint density at radius 3 is 2.33 bits per heavy atom. The molecule has 21 heavy (non-hydrogen) atoms. The zero-order valence-corrected chi connectivity index (χ0v) is 13.1. The van der Waals surface area contributed by atoms with Crippen LogP contribution in [0, 0.1) is 11.8 Å². The molecule has 1 aromatic carbocycles. The normalized spacial score (nSPS) is 21.7. The lowest BCUT2D eigenvalue weighted by atomic mass is 9.99. The second kappa shape index (κ2) is 6.29. The molecule has 1 aromatic rings. The maximum Gasteiger partial charge on any atom is 0.310 e. The Morgan fingerprint density at radius 1 is 1.19 bits per heavy atom. The van der Waals surface area contributed by atoms with Gasteiger partial charge in [-0.2, -0.15) is 0 Å². The van der Waals surface area contributed by atoms with Crippen LogP contribution in [0.1, 0.15) is 42.6 Å². The quantitative estimate of drug-likeness (QED) is 0.804. The lowest BCUT2D eigenvalue weighted by Crippen LogP contribution is -2.30. The first kappa shape index (κ1) is 15.5. The average Bonchev–Trinajstić information content (AvgIpc) is 2.87. The third kappa shape index (κ3) is 3.26. The number of hydrogen-bond donors (Lipinski definition) is 0. The highest BCUT2D eigenvalue weighted by Gasteiger charge is 2.37. The number of carbonyl (C=O) groups is 2. The standard InChI is InChI=1S/C17H23NO3/c1-11(2)13-5-7-14(8-6-13)16(19)18-9-12(3)15(10-18)17(20)21-4/h5-8,11-12,15H,9-10H2,1-4H3. The van der Waals surface area contributed by atoms with Crippen molar-refractivity contribution >= 4 is 11.9 Å². The smallest absolute Gasteiger partial charge is 0.310 e. The molecule has 2 unspecified atom stereocenters. The van der Waals surface area contributed by atoms with Crippen LogP contribution in [0.25, 0.3) is 0 Å². The molecule has 0 aliphatic carbocycles. The van der Waals surface area contributed by atoms with Gasteiger partial charge in [-0.1, -0.05) is 32.9 Å². The molecule has 0 radical (unpaired) electrons. The fraction of sp³-hybridized carbons (Fsp3) is 0.529. The molecular formula is C17H23NO3. The number of nitrogens with zero attached hydrogens (tertiary/aromatic N) is 1. The summed E-state index contributed by atoms with van der Waals surface area (Å²) in [5.74, 6) is 0.131. The molecule has 1 heterocycles. The van der Waals surface area contributed by atoms with Gasteiger partial charge in [0.1, 0.15) is 0 Å². The first-order chi connectivity index (χ1) is 9.93. The minimum absolute atomic E-state index is 0.0106. The Bertz CT molecular complexity index is 521. The maximum absolute atomic E-state index is 12.5. The Hall–Kier alpha value is -1.84. The molecule has 4 heteroatoms. The molecule has 1 amide bonds. The number of benzene rings is 1. The van der Waals surface area contributed by atoms with Crippen molar-refractivity contribution in [2.24, 2.45) is 11.8 Å². The summed E-state index contributed by atoms with van der Waals surface area (Å²) >= 11 is 0. The van der Waals surface area contributed by atoms with Crippen molar-refractivity contribution in [3.63, 3.8) is 0 Å². The van der Waals surface area contributed by atoms with Gasteiger partial charge in [0.25, 0.3) is 5.91 Å². The maximum atomic E-state index is 12.5. The number of ether oxygens (including phenoxy) is 1. The second-order valence-corrected chi connectivity index (χ2v) is 6.09. The van der Waals surface area contributed by atoms with Crippen LogP contribution in [0.2, 0.25) is 0 Å². The van der Waals surface area contributed by atoms with Gasteiger partial charge >= 0.3 is 5.97 Å². The van der Waals surface area contributed by atoms with E-state index >= 15 is 0 Å². The van der Waals surface area contributed by atoms with Gasteiger partial charge in [0.05, 0.1) is 13.0 Å². The van der Waals surface area contributed by atoms with Crippen LogP contribution in [0.15, 0.2) is 24.3 Å². The number of amides is 1.